The van der Waals surface area contributed by atoms with Crippen molar-refractivity contribution in [2.75, 3.05) is 6.54 Å². The minimum atomic E-state index is -0.792. The standard InChI is InChI=1S/C14H14N2O5/c1-14(2,3)10(17)7-15-12(18)8-5-4-6-9(16(20)21)11(8)13(15)19/h4-6H,7H2,1-3H3. The van der Waals surface area contributed by atoms with Crippen molar-refractivity contribution in [3.63, 3.8) is 0 Å². The van der Waals surface area contributed by atoms with Gasteiger partial charge in [-0.2, -0.15) is 0 Å². The van der Waals surface area contributed by atoms with Crippen molar-refractivity contribution in [2.45, 2.75) is 20.8 Å². The fourth-order valence-electron chi connectivity index (χ4n) is 1.99. The molecule has 0 fully saturated rings. The van der Waals surface area contributed by atoms with Crippen LogP contribution in [0.2, 0.25) is 0 Å². The van der Waals surface area contributed by atoms with Crippen LogP contribution in [0.25, 0.3) is 0 Å². The summed E-state index contributed by atoms with van der Waals surface area (Å²) in [6, 6.07) is 3.86. The monoisotopic (exact) mass is 290 g/mol. The molecule has 0 bridgehead atoms. The summed E-state index contributed by atoms with van der Waals surface area (Å²) in [6.45, 7) is 4.65. The van der Waals surface area contributed by atoms with E-state index in [0.29, 0.717) is 0 Å². The maximum absolute atomic E-state index is 12.2. The van der Waals surface area contributed by atoms with Gasteiger partial charge in [-0.15, -0.1) is 0 Å². The van der Waals surface area contributed by atoms with Gasteiger partial charge >= 0.3 is 0 Å². The summed E-state index contributed by atoms with van der Waals surface area (Å²) in [5, 5.41) is 11.0. The lowest BCUT2D eigenvalue weighted by Crippen LogP contribution is -2.39. The molecule has 0 radical (unpaired) electrons. The van der Waals surface area contributed by atoms with Crippen molar-refractivity contribution < 1.29 is 19.3 Å². The zero-order valence-corrected chi connectivity index (χ0v) is 11.9. The van der Waals surface area contributed by atoms with Crippen LogP contribution in [-0.4, -0.2) is 34.0 Å². The molecule has 0 saturated heterocycles. The Hall–Kier alpha value is -2.57. The lowest BCUT2D eigenvalue weighted by Gasteiger charge is -2.20. The lowest BCUT2D eigenvalue weighted by atomic mass is 9.90. The lowest BCUT2D eigenvalue weighted by molar-refractivity contribution is -0.385. The number of amides is 2. The number of rotatable bonds is 3. The highest BCUT2D eigenvalue weighted by atomic mass is 16.6. The Labute approximate surface area is 120 Å². The van der Waals surface area contributed by atoms with Gasteiger partial charge in [-0.05, 0) is 6.07 Å². The molecular weight excluding hydrogens is 276 g/mol. The SMILES string of the molecule is CC(C)(C)C(=O)CN1C(=O)c2cccc([N+](=O)[O-])c2C1=O. The molecule has 0 N–H and O–H groups in total. The average molecular weight is 290 g/mol. The summed E-state index contributed by atoms with van der Waals surface area (Å²) in [5.41, 5.74) is -1.40. The Bertz CT molecular complexity index is 672. The molecule has 110 valence electrons. The van der Waals surface area contributed by atoms with Crippen molar-refractivity contribution in [3.8, 4) is 0 Å². The number of nitro benzene ring substituents is 1. The third-order valence-corrected chi connectivity index (χ3v) is 3.31. The predicted molar refractivity (Wildman–Crippen MR) is 72.9 cm³/mol. The maximum Gasteiger partial charge on any atom is 0.282 e. The minimum absolute atomic E-state index is 0.0316. The third-order valence-electron chi connectivity index (χ3n) is 3.31. The smallest absolute Gasteiger partial charge is 0.282 e. The fraction of sp³-hybridized carbons (Fsp3) is 0.357. The van der Waals surface area contributed by atoms with Gasteiger partial charge in [-0.3, -0.25) is 29.4 Å². The third kappa shape index (κ3) is 2.42. The Kier molecular flexibility index (Phi) is 3.36. The second-order valence-corrected chi connectivity index (χ2v) is 5.83. The van der Waals surface area contributed by atoms with Crippen LogP contribution >= 0.6 is 0 Å². The highest BCUT2D eigenvalue weighted by Gasteiger charge is 2.42. The normalized spacial score (nSPS) is 14.3. The van der Waals surface area contributed by atoms with E-state index in [1.54, 1.807) is 20.8 Å². The van der Waals surface area contributed by atoms with Gasteiger partial charge in [0, 0.05) is 11.5 Å². The van der Waals surface area contributed by atoms with Crippen LogP contribution in [0.1, 0.15) is 41.5 Å². The first-order valence-corrected chi connectivity index (χ1v) is 6.31. The number of hydrogen-bond acceptors (Lipinski definition) is 5. The molecule has 0 atom stereocenters. The van der Waals surface area contributed by atoms with Gasteiger partial charge < -0.3 is 0 Å². The van der Waals surface area contributed by atoms with Crippen molar-refractivity contribution >= 4 is 23.3 Å². The number of imide groups is 1. The molecule has 0 aromatic heterocycles. The minimum Gasteiger partial charge on any atom is -0.297 e. The summed E-state index contributed by atoms with van der Waals surface area (Å²) >= 11 is 0. The second kappa shape index (κ2) is 4.76. The van der Waals surface area contributed by atoms with E-state index >= 15 is 0 Å². The van der Waals surface area contributed by atoms with Gasteiger partial charge in [-0.25, -0.2) is 0 Å². The number of carbonyl (C=O) groups is 3. The van der Waals surface area contributed by atoms with E-state index in [0.717, 1.165) is 4.90 Å². The summed E-state index contributed by atoms with van der Waals surface area (Å²) in [5.74, 6) is -1.75. The zero-order chi connectivity index (χ0) is 15.9. The molecular formula is C14H14N2O5. The molecule has 1 aliphatic rings. The molecule has 7 heteroatoms. The molecule has 2 amide bonds. The van der Waals surface area contributed by atoms with E-state index in [-0.39, 0.29) is 23.5 Å². The first-order chi connectivity index (χ1) is 9.64. The van der Waals surface area contributed by atoms with Crippen molar-refractivity contribution in [2.24, 2.45) is 5.41 Å². The van der Waals surface area contributed by atoms with Crippen molar-refractivity contribution in [3.05, 3.63) is 39.4 Å². The zero-order valence-electron chi connectivity index (χ0n) is 11.9. The van der Waals surface area contributed by atoms with E-state index in [1.807, 2.05) is 0 Å². The van der Waals surface area contributed by atoms with Gasteiger partial charge in [0.25, 0.3) is 17.5 Å². The number of nitrogens with zero attached hydrogens (tertiary/aromatic N) is 2. The van der Waals surface area contributed by atoms with E-state index < -0.39 is 27.8 Å². The second-order valence-electron chi connectivity index (χ2n) is 5.83. The van der Waals surface area contributed by atoms with Crippen LogP contribution in [-0.2, 0) is 4.79 Å². The Morgan fingerprint density at radius 3 is 2.38 bits per heavy atom. The number of carbonyl (C=O) groups excluding carboxylic acids is 3. The van der Waals surface area contributed by atoms with Gasteiger partial charge in [0.1, 0.15) is 5.56 Å². The van der Waals surface area contributed by atoms with Crippen LogP contribution in [0.5, 0.6) is 0 Å². The van der Waals surface area contributed by atoms with Crippen LogP contribution < -0.4 is 0 Å². The van der Waals surface area contributed by atoms with Crippen LogP contribution in [0.3, 0.4) is 0 Å². The van der Waals surface area contributed by atoms with E-state index in [2.05, 4.69) is 0 Å². The van der Waals surface area contributed by atoms with Gasteiger partial charge in [0.05, 0.1) is 17.0 Å². The molecule has 1 aliphatic heterocycles. The number of fused-ring (bicyclic) bond motifs is 1. The Morgan fingerprint density at radius 2 is 1.86 bits per heavy atom. The summed E-state index contributed by atoms with van der Waals surface area (Å²) < 4.78 is 0. The molecule has 0 unspecified atom stereocenters. The number of hydrogen-bond donors (Lipinski definition) is 0. The highest BCUT2D eigenvalue weighted by Crippen LogP contribution is 2.31. The summed E-state index contributed by atoms with van der Waals surface area (Å²) in [4.78, 5) is 47.4. The first kappa shape index (κ1) is 14.8. The molecule has 1 aromatic rings. The topological polar surface area (TPSA) is 97.6 Å². The molecule has 7 nitrogen and oxygen atoms in total. The first-order valence-electron chi connectivity index (χ1n) is 6.31. The van der Waals surface area contributed by atoms with Gasteiger partial charge in [0.15, 0.2) is 5.78 Å². The van der Waals surface area contributed by atoms with E-state index in [4.69, 9.17) is 0 Å². The predicted octanol–water partition coefficient (Wildman–Crippen LogP) is 1.81. The fourth-order valence-corrected chi connectivity index (χ4v) is 1.99. The number of nitro groups is 1. The number of benzene rings is 1. The number of ketones is 1. The van der Waals surface area contributed by atoms with Gasteiger partial charge in [-0.1, -0.05) is 26.8 Å². The number of Topliss-reactive ketones (excluding diaryl/α,β-unsaturated/α-hetero) is 1. The van der Waals surface area contributed by atoms with E-state index in [9.17, 15) is 24.5 Å². The van der Waals surface area contributed by atoms with Crippen molar-refractivity contribution in [1.82, 2.24) is 4.90 Å². The van der Waals surface area contributed by atoms with Crippen LogP contribution in [0, 0.1) is 15.5 Å². The van der Waals surface area contributed by atoms with Crippen LogP contribution in [0.15, 0.2) is 18.2 Å². The molecule has 2 rings (SSSR count). The summed E-state index contributed by atoms with van der Waals surface area (Å²) in [6.07, 6.45) is 0. The quantitative estimate of drug-likeness (QED) is 0.480. The molecule has 0 aliphatic carbocycles. The molecule has 0 saturated carbocycles. The molecule has 0 spiro atoms. The molecule has 21 heavy (non-hydrogen) atoms. The van der Waals surface area contributed by atoms with Crippen molar-refractivity contribution in [1.29, 1.82) is 0 Å². The van der Waals surface area contributed by atoms with Crippen LogP contribution in [0.4, 0.5) is 5.69 Å². The maximum atomic E-state index is 12.2. The average Bonchev–Trinajstić information content (AvgIpc) is 2.62. The van der Waals surface area contributed by atoms with Gasteiger partial charge in [0.2, 0.25) is 0 Å². The largest absolute Gasteiger partial charge is 0.297 e. The molecule has 1 heterocycles. The Balaban J connectivity index is 2.42. The Morgan fingerprint density at radius 1 is 1.24 bits per heavy atom. The summed E-state index contributed by atoms with van der Waals surface area (Å²) in [7, 11) is 0. The van der Waals surface area contributed by atoms with E-state index in [1.165, 1.54) is 18.2 Å². The highest BCUT2D eigenvalue weighted by molar-refractivity contribution is 6.24. The molecule has 1 aromatic carbocycles.